The summed E-state index contributed by atoms with van der Waals surface area (Å²) < 4.78 is 37.5. The first-order valence-electron chi connectivity index (χ1n) is 6.42. The van der Waals surface area contributed by atoms with E-state index in [1.165, 1.54) is 31.2 Å². The second-order valence-electron chi connectivity index (χ2n) is 4.75. The molecule has 0 unspecified atom stereocenters. The summed E-state index contributed by atoms with van der Waals surface area (Å²) in [5, 5.41) is 13.8. The highest BCUT2D eigenvalue weighted by molar-refractivity contribution is 5.95. The number of alkyl halides is 3. The normalized spacial score (nSPS) is 11.1. The van der Waals surface area contributed by atoms with Crippen LogP contribution in [-0.4, -0.2) is 10.7 Å². The average Bonchev–Trinajstić information content (AvgIpc) is 2.46. The zero-order valence-corrected chi connectivity index (χ0v) is 11.8. The third-order valence-corrected chi connectivity index (χ3v) is 3.09. The second kappa shape index (κ2) is 6.07. The van der Waals surface area contributed by atoms with Gasteiger partial charge in [0.15, 0.2) is 5.78 Å². The van der Waals surface area contributed by atoms with Crippen LogP contribution in [0.5, 0.6) is 0 Å². The highest BCUT2D eigenvalue weighted by atomic mass is 19.4. The van der Waals surface area contributed by atoms with Crippen molar-refractivity contribution in [1.82, 2.24) is 0 Å². The van der Waals surface area contributed by atoms with Gasteiger partial charge in [-0.15, -0.1) is 0 Å². The number of nitro groups is 1. The van der Waals surface area contributed by atoms with E-state index in [0.717, 1.165) is 18.2 Å². The van der Waals surface area contributed by atoms with E-state index in [-0.39, 0.29) is 28.4 Å². The summed E-state index contributed by atoms with van der Waals surface area (Å²) >= 11 is 0. The maximum atomic E-state index is 12.5. The fraction of sp³-hybridized carbons (Fsp3) is 0.133. The zero-order valence-electron chi connectivity index (χ0n) is 11.8. The van der Waals surface area contributed by atoms with Crippen LogP contribution in [0.15, 0.2) is 42.5 Å². The van der Waals surface area contributed by atoms with Crippen LogP contribution in [0.25, 0.3) is 0 Å². The topological polar surface area (TPSA) is 72.2 Å². The number of halogens is 3. The van der Waals surface area contributed by atoms with Crippen LogP contribution >= 0.6 is 0 Å². The molecular formula is C15H11F3N2O3. The van der Waals surface area contributed by atoms with E-state index in [2.05, 4.69) is 5.32 Å². The van der Waals surface area contributed by atoms with Crippen LogP contribution in [0, 0.1) is 10.1 Å². The smallest absolute Gasteiger partial charge is 0.350 e. The number of carbonyl (C=O) groups is 1. The SMILES string of the molecule is CC(=O)c1ccc(Nc2ccc(C(F)(F)F)cc2)c([N+](=O)[O-])c1. The number of hydrogen-bond acceptors (Lipinski definition) is 4. The summed E-state index contributed by atoms with van der Waals surface area (Å²) in [6.45, 7) is 1.28. The Morgan fingerprint density at radius 1 is 1.13 bits per heavy atom. The molecule has 120 valence electrons. The number of anilines is 2. The Morgan fingerprint density at radius 3 is 2.22 bits per heavy atom. The molecule has 2 aromatic carbocycles. The van der Waals surface area contributed by atoms with Gasteiger partial charge in [0.05, 0.1) is 10.5 Å². The van der Waals surface area contributed by atoms with Gasteiger partial charge in [-0.1, -0.05) is 0 Å². The number of hydrogen-bond donors (Lipinski definition) is 1. The van der Waals surface area contributed by atoms with Crippen LogP contribution < -0.4 is 5.32 Å². The molecule has 0 spiro atoms. The molecule has 8 heteroatoms. The van der Waals surface area contributed by atoms with Gasteiger partial charge in [-0.05, 0) is 43.3 Å². The van der Waals surface area contributed by atoms with E-state index < -0.39 is 16.7 Å². The number of nitro benzene ring substituents is 1. The summed E-state index contributed by atoms with van der Waals surface area (Å²) in [5.74, 6) is -0.325. The summed E-state index contributed by atoms with van der Waals surface area (Å²) in [6.07, 6.45) is -4.45. The van der Waals surface area contributed by atoms with Crippen molar-refractivity contribution in [3.05, 3.63) is 63.7 Å². The Labute approximate surface area is 128 Å². The van der Waals surface area contributed by atoms with Crippen LogP contribution in [0.4, 0.5) is 30.2 Å². The summed E-state index contributed by atoms with van der Waals surface area (Å²) in [5.41, 5.74) is -0.631. The fourth-order valence-electron chi connectivity index (χ4n) is 1.91. The van der Waals surface area contributed by atoms with Gasteiger partial charge < -0.3 is 5.32 Å². The van der Waals surface area contributed by atoms with Crippen molar-refractivity contribution in [2.24, 2.45) is 0 Å². The highest BCUT2D eigenvalue weighted by Gasteiger charge is 2.30. The summed E-state index contributed by atoms with van der Waals surface area (Å²) in [4.78, 5) is 21.7. The molecule has 0 atom stereocenters. The monoisotopic (exact) mass is 324 g/mol. The van der Waals surface area contributed by atoms with E-state index >= 15 is 0 Å². The third-order valence-electron chi connectivity index (χ3n) is 3.09. The molecule has 0 bridgehead atoms. The molecule has 23 heavy (non-hydrogen) atoms. The zero-order chi connectivity index (χ0) is 17.2. The van der Waals surface area contributed by atoms with E-state index in [1.54, 1.807) is 0 Å². The van der Waals surface area contributed by atoms with Crippen molar-refractivity contribution < 1.29 is 22.9 Å². The van der Waals surface area contributed by atoms with Crippen molar-refractivity contribution in [2.75, 3.05) is 5.32 Å². The lowest BCUT2D eigenvalue weighted by Crippen LogP contribution is -2.05. The predicted molar refractivity (Wildman–Crippen MR) is 77.8 cm³/mol. The van der Waals surface area contributed by atoms with Gasteiger partial charge in [0.2, 0.25) is 0 Å². The lowest BCUT2D eigenvalue weighted by Gasteiger charge is -2.10. The first-order valence-corrected chi connectivity index (χ1v) is 6.42. The minimum absolute atomic E-state index is 0.0831. The quantitative estimate of drug-likeness (QED) is 0.508. The molecule has 0 heterocycles. The van der Waals surface area contributed by atoms with Gasteiger partial charge in [-0.25, -0.2) is 0 Å². The van der Waals surface area contributed by atoms with Gasteiger partial charge in [0.1, 0.15) is 5.69 Å². The molecule has 1 N–H and O–H groups in total. The molecule has 0 aliphatic heterocycles. The van der Waals surface area contributed by atoms with Crippen LogP contribution in [0.3, 0.4) is 0 Å². The number of rotatable bonds is 4. The van der Waals surface area contributed by atoms with Crippen molar-refractivity contribution in [2.45, 2.75) is 13.1 Å². The molecule has 0 aliphatic carbocycles. The fourth-order valence-corrected chi connectivity index (χ4v) is 1.91. The van der Waals surface area contributed by atoms with Crippen molar-refractivity contribution in [3.63, 3.8) is 0 Å². The summed E-state index contributed by atoms with van der Waals surface area (Å²) in [6, 6.07) is 7.95. The van der Waals surface area contributed by atoms with E-state index in [0.29, 0.717) is 0 Å². The average molecular weight is 324 g/mol. The van der Waals surface area contributed by atoms with Gasteiger partial charge in [0, 0.05) is 17.3 Å². The molecule has 2 aromatic rings. The number of carbonyl (C=O) groups excluding carboxylic acids is 1. The Kier molecular flexibility index (Phi) is 4.35. The maximum Gasteiger partial charge on any atom is 0.416 e. The molecule has 0 aliphatic rings. The number of nitrogens with one attached hydrogen (secondary N) is 1. The van der Waals surface area contributed by atoms with Crippen LogP contribution in [-0.2, 0) is 6.18 Å². The molecule has 0 saturated heterocycles. The molecule has 5 nitrogen and oxygen atoms in total. The van der Waals surface area contributed by atoms with Crippen molar-refractivity contribution >= 4 is 22.8 Å². The number of benzene rings is 2. The molecule has 0 saturated carbocycles. The number of nitrogens with zero attached hydrogens (tertiary/aromatic N) is 1. The van der Waals surface area contributed by atoms with Crippen LogP contribution in [0.1, 0.15) is 22.8 Å². The molecular weight excluding hydrogens is 313 g/mol. The molecule has 2 rings (SSSR count). The number of Topliss-reactive ketones (excluding diaryl/α,β-unsaturated/α-hetero) is 1. The Balaban J connectivity index is 2.32. The van der Waals surface area contributed by atoms with Gasteiger partial charge in [0.25, 0.3) is 5.69 Å². The molecule has 0 amide bonds. The number of ketones is 1. The Morgan fingerprint density at radius 2 is 1.74 bits per heavy atom. The van der Waals surface area contributed by atoms with E-state index in [4.69, 9.17) is 0 Å². The largest absolute Gasteiger partial charge is 0.416 e. The van der Waals surface area contributed by atoms with E-state index in [9.17, 15) is 28.1 Å². The standard InChI is InChI=1S/C15H11F3N2O3/c1-9(21)10-2-7-13(14(8-10)20(22)23)19-12-5-3-11(4-6-12)15(16,17)18/h2-8,19H,1H3. The lowest BCUT2D eigenvalue weighted by atomic mass is 10.1. The third kappa shape index (κ3) is 3.85. The predicted octanol–water partition coefficient (Wildman–Crippen LogP) is 4.56. The van der Waals surface area contributed by atoms with Crippen LogP contribution in [0.2, 0.25) is 0 Å². The van der Waals surface area contributed by atoms with Gasteiger partial charge in [-0.3, -0.25) is 14.9 Å². The molecule has 0 radical (unpaired) electrons. The maximum absolute atomic E-state index is 12.5. The summed E-state index contributed by atoms with van der Waals surface area (Å²) in [7, 11) is 0. The van der Waals surface area contributed by atoms with Crippen molar-refractivity contribution in [3.8, 4) is 0 Å². The minimum Gasteiger partial charge on any atom is -0.350 e. The Bertz CT molecular complexity index is 756. The van der Waals surface area contributed by atoms with Crippen molar-refractivity contribution in [1.29, 1.82) is 0 Å². The van der Waals surface area contributed by atoms with Gasteiger partial charge >= 0.3 is 6.18 Å². The van der Waals surface area contributed by atoms with E-state index in [1.807, 2.05) is 0 Å². The van der Waals surface area contributed by atoms with Gasteiger partial charge in [-0.2, -0.15) is 13.2 Å². The first kappa shape index (κ1) is 16.5. The highest BCUT2D eigenvalue weighted by Crippen LogP contribution is 2.32. The molecule has 0 fully saturated rings. The molecule has 0 aromatic heterocycles. The Hall–Kier alpha value is -2.90. The first-order chi connectivity index (χ1) is 10.7. The lowest BCUT2D eigenvalue weighted by molar-refractivity contribution is -0.383. The minimum atomic E-state index is -4.45. The second-order valence-corrected chi connectivity index (χ2v) is 4.75.